The molecule has 7 heteroatoms. The van der Waals surface area contributed by atoms with Crippen molar-refractivity contribution >= 4 is 27.3 Å². The Balaban J connectivity index is 3.48. The lowest BCUT2D eigenvalue weighted by Gasteiger charge is -2.13. The second kappa shape index (κ2) is 6.74. The van der Waals surface area contributed by atoms with Gasteiger partial charge >= 0.3 is 5.97 Å². The van der Waals surface area contributed by atoms with Gasteiger partial charge in [-0.1, -0.05) is 11.6 Å². The van der Waals surface area contributed by atoms with Crippen LogP contribution in [0.3, 0.4) is 0 Å². The summed E-state index contributed by atoms with van der Waals surface area (Å²) in [5.41, 5.74) is 0.675. The number of hydrogen-bond donors (Lipinski definition) is 1. The molecule has 0 atom stereocenters. The van der Waals surface area contributed by atoms with Crippen molar-refractivity contribution in [3.05, 3.63) is 35.4 Å². The molecule has 0 aromatic heterocycles. The lowest BCUT2D eigenvalue weighted by molar-refractivity contribution is -0.149. The second-order valence-electron chi connectivity index (χ2n) is 4.98. The zero-order valence-electron chi connectivity index (χ0n) is 12.8. The van der Waals surface area contributed by atoms with Crippen molar-refractivity contribution in [2.75, 3.05) is 7.11 Å². The summed E-state index contributed by atoms with van der Waals surface area (Å²) in [6.45, 7) is 4.74. The normalized spacial score (nSPS) is 12.3. The summed E-state index contributed by atoms with van der Waals surface area (Å²) in [6.07, 6.45) is 0.653. The van der Waals surface area contributed by atoms with E-state index in [4.69, 9.17) is 0 Å². The van der Waals surface area contributed by atoms with Crippen LogP contribution in [0.15, 0.2) is 29.2 Å². The molecular formula is C15H18O6S. The summed E-state index contributed by atoms with van der Waals surface area (Å²) < 4.78 is 28.9. The molecule has 0 bridgehead atoms. The first-order valence-electron chi connectivity index (χ1n) is 6.49. The Morgan fingerprint density at radius 3 is 2.36 bits per heavy atom. The average molecular weight is 326 g/mol. The monoisotopic (exact) mass is 326 g/mol. The summed E-state index contributed by atoms with van der Waals surface area (Å²) in [6, 6.07) is 4.40. The highest BCUT2D eigenvalue weighted by Crippen LogP contribution is 2.26. The molecule has 1 rings (SSSR count). The molecule has 1 aromatic rings. The first-order valence-corrected chi connectivity index (χ1v) is 8.03. The highest BCUT2D eigenvalue weighted by molar-refractivity contribution is 7.92. The van der Waals surface area contributed by atoms with Crippen molar-refractivity contribution in [3.8, 4) is 0 Å². The SMILES string of the molecule is COC(=O)C(=O)/C=C(\O)c1cc(C)ccc1S(=O)(=O)C(C)C. The number of hydrogen-bond acceptors (Lipinski definition) is 6. The largest absolute Gasteiger partial charge is 0.507 e. The van der Waals surface area contributed by atoms with E-state index in [-0.39, 0.29) is 10.5 Å². The number of ketones is 1. The Hall–Kier alpha value is -2.15. The van der Waals surface area contributed by atoms with Gasteiger partial charge in [-0.15, -0.1) is 0 Å². The Morgan fingerprint density at radius 2 is 1.86 bits per heavy atom. The number of sulfone groups is 1. The number of carbonyl (C=O) groups excluding carboxylic acids is 2. The fraction of sp³-hybridized carbons (Fsp3) is 0.333. The zero-order chi connectivity index (χ0) is 17.1. The Labute approximate surface area is 129 Å². The van der Waals surface area contributed by atoms with Crippen molar-refractivity contribution in [2.24, 2.45) is 0 Å². The van der Waals surface area contributed by atoms with E-state index in [2.05, 4.69) is 4.74 Å². The quantitative estimate of drug-likeness (QED) is 0.383. The van der Waals surface area contributed by atoms with Crippen molar-refractivity contribution in [1.82, 2.24) is 0 Å². The molecule has 120 valence electrons. The van der Waals surface area contributed by atoms with Crippen LogP contribution >= 0.6 is 0 Å². The first kappa shape index (κ1) is 17.9. The summed E-state index contributed by atoms with van der Waals surface area (Å²) in [5.74, 6) is -2.82. The van der Waals surface area contributed by atoms with Gasteiger partial charge in [0, 0.05) is 11.6 Å². The van der Waals surface area contributed by atoms with E-state index in [0.717, 1.165) is 7.11 Å². The van der Waals surface area contributed by atoms with Gasteiger partial charge in [-0.2, -0.15) is 0 Å². The van der Waals surface area contributed by atoms with Gasteiger partial charge in [0.05, 0.1) is 17.3 Å². The minimum Gasteiger partial charge on any atom is -0.507 e. The molecule has 0 saturated carbocycles. The molecule has 0 spiro atoms. The second-order valence-corrected chi connectivity index (χ2v) is 7.45. The summed E-state index contributed by atoms with van der Waals surface area (Å²) >= 11 is 0. The average Bonchev–Trinajstić information content (AvgIpc) is 2.45. The molecule has 0 aliphatic heterocycles. The Morgan fingerprint density at radius 1 is 1.27 bits per heavy atom. The third kappa shape index (κ3) is 3.73. The van der Waals surface area contributed by atoms with Gasteiger partial charge in [0.1, 0.15) is 5.76 Å². The van der Waals surface area contributed by atoms with Crippen molar-refractivity contribution in [3.63, 3.8) is 0 Å². The highest BCUT2D eigenvalue weighted by atomic mass is 32.2. The molecule has 0 aliphatic rings. The minimum atomic E-state index is -3.66. The number of carbonyl (C=O) groups is 2. The fourth-order valence-electron chi connectivity index (χ4n) is 1.71. The van der Waals surface area contributed by atoms with E-state index in [1.54, 1.807) is 13.0 Å². The number of esters is 1. The molecule has 0 aliphatic carbocycles. The molecule has 0 amide bonds. The number of methoxy groups -OCH3 is 1. The van der Waals surface area contributed by atoms with Crippen molar-refractivity contribution in [2.45, 2.75) is 30.9 Å². The smallest absolute Gasteiger partial charge is 0.378 e. The van der Waals surface area contributed by atoms with Crippen LogP contribution < -0.4 is 0 Å². The molecule has 1 N–H and O–H groups in total. The molecular weight excluding hydrogens is 308 g/mol. The highest BCUT2D eigenvalue weighted by Gasteiger charge is 2.25. The van der Waals surface area contributed by atoms with Gasteiger partial charge in [-0.25, -0.2) is 13.2 Å². The maximum atomic E-state index is 12.3. The van der Waals surface area contributed by atoms with E-state index in [1.807, 2.05) is 0 Å². The van der Waals surface area contributed by atoms with Crippen LogP contribution in [0.1, 0.15) is 25.0 Å². The molecule has 0 unspecified atom stereocenters. The number of aryl methyl sites for hydroxylation is 1. The molecule has 1 aromatic carbocycles. The van der Waals surface area contributed by atoms with Crippen LogP contribution in [0.2, 0.25) is 0 Å². The predicted molar refractivity (Wildman–Crippen MR) is 81.1 cm³/mol. The third-order valence-corrected chi connectivity index (χ3v) is 5.20. The van der Waals surface area contributed by atoms with Crippen LogP contribution in [-0.4, -0.2) is 37.6 Å². The van der Waals surface area contributed by atoms with Gasteiger partial charge in [0.2, 0.25) is 0 Å². The van der Waals surface area contributed by atoms with Crippen LogP contribution in [0.4, 0.5) is 0 Å². The number of ether oxygens (including phenoxy) is 1. The lowest BCUT2D eigenvalue weighted by atomic mass is 10.1. The van der Waals surface area contributed by atoms with Crippen LogP contribution in [-0.2, 0) is 24.2 Å². The maximum Gasteiger partial charge on any atom is 0.378 e. The van der Waals surface area contributed by atoms with E-state index >= 15 is 0 Å². The topological polar surface area (TPSA) is 97.7 Å². The molecule has 0 fully saturated rings. The Bertz CT molecular complexity index is 728. The van der Waals surface area contributed by atoms with Crippen LogP contribution in [0.25, 0.3) is 5.76 Å². The van der Waals surface area contributed by atoms with E-state index in [1.165, 1.54) is 26.0 Å². The minimum absolute atomic E-state index is 0.0223. The molecule has 0 saturated heterocycles. The molecule has 0 radical (unpaired) electrons. The first-order chi connectivity index (χ1) is 10.1. The van der Waals surface area contributed by atoms with Gasteiger partial charge < -0.3 is 9.84 Å². The van der Waals surface area contributed by atoms with Crippen molar-refractivity contribution < 1.29 is 27.9 Å². The van der Waals surface area contributed by atoms with Gasteiger partial charge in [-0.3, -0.25) is 4.79 Å². The summed E-state index contributed by atoms with van der Waals surface area (Å²) in [5, 5.41) is 9.36. The number of rotatable bonds is 5. The summed E-state index contributed by atoms with van der Waals surface area (Å²) in [4.78, 5) is 22.5. The van der Waals surface area contributed by atoms with Crippen molar-refractivity contribution in [1.29, 1.82) is 0 Å². The van der Waals surface area contributed by atoms with Gasteiger partial charge in [0.15, 0.2) is 9.84 Å². The lowest BCUT2D eigenvalue weighted by Crippen LogP contribution is -2.17. The molecule has 6 nitrogen and oxygen atoms in total. The number of aliphatic hydroxyl groups is 1. The van der Waals surface area contributed by atoms with Crippen LogP contribution in [0, 0.1) is 6.92 Å². The fourth-order valence-corrected chi connectivity index (χ4v) is 2.94. The third-order valence-electron chi connectivity index (χ3n) is 2.99. The number of aliphatic hydroxyl groups excluding tert-OH is 1. The zero-order valence-corrected chi connectivity index (χ0v) is 13.6. The van der Waals surface area contributed by atoms with E-state index < -0.39 is 32.6 Å². The van der Waals surface area contributed by atoms with E-state index in [9.17, 15) is 23.1 Å². The standard InChI is InChI=1S/C15H18O6S/c1-9(2)22(19,20)14-6-5-10(3)7-11(14)12(16)8-13(17)15(18)21-4/h5-9,16H,1-4H3/b12-8-. The Kier molecular flexibility index (Phi) is 5.48. The number of benzene rings is 1. The van der Waals surface area contributed by atoms with Gasteiger partial charge in [-0.05, 0) is 32.9 Å². The molecule has 22 heavy (non-hydrogen) atoms. The predicted octanol–water partition coefficient (Wildman–Crippen LogP) is 1.82. The van der Waals surface area contributed by atoms with E-state index in [0.29, 0.717) is 11.6 Å². The van der Waals surface area contributed by atoms with Gasteiger partial charge in [0.25, 0.3) is 5.78 Å². The van der Waals surface area contributed by atoms with Crippen LogP contribution in [0.5, 0.6) is 0 Å². The summed E-state index contributed by atoms with van der Waals surface area (Å²) in [7, 11) is -2.63. The molecule has 0 heterocycles. The maximum absolute atomic E-state index is 12.3.